The molecule has 0 saturated heterocycles. The van der Waals surface area contributed by atoms with Gasteiger partial charge in [0, 0.05) is 11.6 Å². The van der Waals surface area contributed by atoms with Gasteiger partial charge in [-0.2, -0.15) is 13.2 Å². The lowest BCUT2D eigenvalue weighted by Gasteiger charge is -2.24. The van der Waals surface area contributed by atoms with Gasteiger partial charge in [0.25, 0.3) is 0 Å². The summed E-state index contributed by atoms with van der Waals surface area (Å²) in [6.07, 6.45) is -2.93. The van der Waals surface area contributed by atoms with Gasteiger partial charge in [0.1, 0.15) is 5.75 Å². The third-order valence-corrected chi connectivity index (χ3v) is 5.13. The van der Waals surface area contributed by atoms with Crippen LogP contribution < -0.4 is 10.1 Å². The van der Waals surface area contributed by atoms with Crippen LogP contribution in [0, 0.1) is 5.92 Å². The van der Waals surface area contributed by atoms with Gasteiger partial charge in [-0.25, -0.2) is 0 Å². The zero-order chi connectivity index (χ0) is 19.6. The SMILES string of the molecule is CCCC1C(=O)Nc2cccc(C(F)(F)F)c2CC1c1ccc(OC)cc1. The predicted molar refractivity (Wildman–Crippen MR) is 97.9 cm³/mol. The van der Waals surface area contributed by atoms with Crippen molar-refractivity contribution in [3.05, 3.63) is 59.2 Å². The fraction of sp³-hybridized carbons (Fsp3) is 0.381. The average molecular weight is 377 g/mol. The second-order valence-corrected chi connectivity index (χ2v) is 6.80. The summed E-state index contributed by atoms with van der Waals surface area (Å²) in [5, 5.41) is 2.73. The van der Waals surface area contributed by atoms with E-state index in [1.807, 2.05) is 19.1 Å². The van der Waals surface area contributed by atoms with Crippen molar-refractivity contribution in [1.82, 2.24) is 0 Å². The highest BCUT2D eigenvalue weighted by molar-refractivity contribution is 5.95. The van der Waals surface area contributed by atoms with Crippen molar-refractivity contribution in [2.45, 2.75) is 38.3 Å². The van der Waals surface area contributed by atoms with E-state index in [0.717, 1.165) is 18.1 Å². The lowest BCUT2D eigenvalue weighted by atomic mass is 9.79. The minimum Gasteiger partial charge on any atom is -0.497 e. The molecule has 0 aliphatic carbocycles. The number of methoxy groups -OCH3 is 1. The number of hydrogen-bond donors (Lipinski definition) is 1. The molecule has 3 rings (SSSR count). The molecule has 0 spiro atoms. The number of nitrogens with one attached hydrogen (secondary N) is 1. The van der Waals surface area contributed by atoms with E-state index in [0.29, 0.717) is 12.2 Å². The summed E-state index contributed by atoms with van der Waals surface area (Å²) >= 11 is 0. The minimum atomic E-state index is -4.47. The minimum absolute atomic E-state index is 0.151. The molecule has 0 saturated carbocycles. The van der Waals surface area contributed by atoms with Gasteiger partial charge < -0.3 is 10.1 Å². The van der Waals surface area contributed by atoms with Crippen LogP contribution in [0.4, 0.5) is 18.9 Å². The Bertz CT molecular complexity index is 815. The summed E-state index contributed by atoms with van der Waals surface area (Å²) in [4.78, 5) is 12.8. The lowest BCUT2D eigenvalue weighted by molar-refractivity contribution is -0.138. The molecule has 1 heterocycles. The number of carbonyl (C=O) groups excluding carboxylic acids is 1. The first-order valence-electron chi connectivity index (χ1n) is 8.99. The molecule has 3 nitrogen and oxygen atoms in total. The monoisotopic (exact) mass is 377 g/mol. The molecule has 144 valence electrons. The van der Waals surface area contributed by atoms with E-state index in [1.54, 1.807) is 25.3 Å². The first kappa shape index (κ1) is 19.3. The summed E-state index contributed by atoms with van der Waals surface area (Å²) in [7, 11) is 1.56. The van der Waals surface area contributed by atoms with Crippen molar-refractivity contribution in [3.63, 3.8) is 0 Å². The van der Waals surface area contributed by atoms with E-state index < -0.39 is 17.7 Å². The van der Waals surface area contributed by atoms with Crippen molar-refractivity contribution >= 4 is 11.6 Å². The fourth-order valence-electron chi connectivity index (χ4n) is 3.80. The number of hydrogen-bond acceptors (Lipinski definition) is 2. The Kier molecular flexibility index (Phi) is 5.44. The van der Waals surface area contributed by atoms with Gasteiger partial charge in [0.2, 0.25) is 5.91 Å². The highest BCUT2D eigenvalue weighted by Crippen LogP contribution is 2.43. The molecule has 1 aliphatic rings. The molecule has 0 bridgehead atoms. The van der Waals surface area contributed by atoms with Crippen LogP contribution in [0.5, 0.6) is 5.75 Å². The predicted octanol–water partition coefficient (Wildman–Crippen LogP) is 5.41. The number of halogens is 3. The maximum absolute atomic E-state index is 13.5. The van der Waals surface area contributed by atoms with Crippen molar-refractivity contribution in [1.29, 1.82) is 0 Å². The second-order valence-electron chi connectivity index (χ2n) is 6.80. The third kappa shape index (κ3) is 3.94. The van der Waals surface area contributed by atoms with Crippen LogP contribution in [0.15, 0.2) is 42.5 Å². The van der Waals surface area contributed by atoms with Crippen molar-refractivity contribution in [2.75, 3.05) is 12.4 Å². The number of alkyl halides is 3. The van der Waals surface area contributed by atoms with Crippen LogP contribution >= 0.6 is 0 Å². The summed E-state index contributed by atoms with van der Waals surface area (Å²) < 4.78 is 45.8. The van der Waals surface area contributed by atoms with E-state index in [4.69, 9.17) is 4.74 Å². The third-order valence-electron chi connectivity index (χ3n) is 5.13. The Morgan fingerprint density at radius 1 is 1.15 bits per heavy atom. The summed E-state index contributed by atoms with van der Waals surface area (Å²) in [5.74, 6) is -0.284. The Morgan fingerprint density at radius 3 is 2.44 bits per heavy atom. The normalized spacial score (nSPS) is 19.8. The number of ether oxygens (including phenoxy) is 1. The number of amides is 1. The van der Waals surface area contributed by atoms with Crippen molar-refractivity contribution in [3.8, 4) is 5.75 Å². The fourth-order valence-corrected chi connectivity index (χ4v) is 3.80. The Morgan fingerprint density at radius 2 is 1.85 bits per heavy atom. The van der Waals surface area contributed by atoms with Crippen molar-refractivity contribution in [2.24, 2.45) is 5.92 Å². The molecule has 2 unspecified atom stereocenters. The number of anilines is 1. The van der Waals surface area contributed by atoms with Crippen LogP contribution in [0.2, 0.25) is 0 Å². The smallest absolute Gasteiger partial charge is 0.416 e. The first-order chi connectivity index (χ1) is 12.8. The second kappa shape index (κ2) is 7.62. The van der Waals surface area contributed by atoms with E-state index in [1.165, 1.54) is 6.07 Å². The average Bonchev–Trinajstić information content (AvgIpc) is 2.78. The van der Waals surface area contributed by atoms with E-state index in [9.17, 15) is 18.0 Å². The molecule has 1 amide bonds. The Hall–Kier alpha value is -2.50. The van der Waals surface area contributed by atoms with Gasteiger partial charge in [-0.3, -0.25) is 4.79 Å². The number of rotatable bonds is 4. The van der Waals surface area contributed by atoms with E-state index >= 15 is 0 Å². The molecular weight excluding hydrogens is 355 g/mol. The zero-order valence-corrected chi connectivity index (χ0v) is 15.3. The molecule has 6 heteroatoms. The highest BCUT2D eigenvalue weighted by atomic mass is 19.4. The van der Waals surface area contributed by atoms with E-state index in [-0.39, 0.29) is 29.5 Å². The van der Waals surface area contributed by atoms with Gasteiger partial charge in [-0.05, 0) is 54.2 Å². The molecule has 0 radical (unpaired) electrons. The van der Waals surface area contributed by atoms with Crippen molar-refractivity contribution < 1.29 is 22.7 Å². The van der Waals surface area contributed by atoms with Gasteiger partial charge in [0.05, 0.1) is 12.7 Å². The van der Waals surface area contributed by atoms with E-state index in [2.05, 4.69) is 5.32 Å². The lowest BCUT2D eigenvalue weighted by Crippen LogP contribution is -2.26. The number of fused-ring (bicyclic) bond motifs is 1. The molecule has 2 aromatic carbocycles. The topological polar surface area (TPSA) is 38.3 Å². The quantitative estimate of drug-likeness (QED) is 0.774. The molecule has 0 aromatic heterocycles. The summed E-state index contributed by atoms with van der Waals surface area (Å²) in [6, 6.07) is 11.2. The van der Waals surface area contributed by atoms with Crippen LogP contribution in [-0.4, -0.2) is 13.0 Å². The largest absolute Gasteiger partial charge is 0.497 e. The molecule has 1 N–H and O–H groups in total. The zero-order valence-electron chi connectivity index (χ0n) is 15.3. The Balaban J connectivity index is 2.10. The van der Waals surface area contributed by atoms with Gasteiger partial charge in [-0.1, -0.05) is 31.5 Å². The summed E-state index contributed by atoms with van der Waals surface area (Å²) in [5.41, 5.74) is 0.565. The first-order valence-corrected chi connectivity index (χ1v) is 8.99. The van der Waals surface area contributed by atoms with Crippen LogP contribution in [0.3, 0.4) is 0 Å². The van der Waals surface area contributed by atoms with Gasteiger partial charge in [-0.15, -0.1) is 0 Å². The molecule has 0 fully saturated rings. The molecule has 2 atom stereocenters. The van der Waals surface area contributed by atoms with Crippen LogP contribution in [-0.2, 0) is 17.4 Å². The number of carbonyl (C=O) groups is 1. The maximum Gasteiger partial charge on any atom is 0.416 e. The Labute approximate surface area is 156 Å². The van der Waals surface area contributed by atoms with Gasteiger partial charge in [0.15, 0.2) is 0 Å². The van der Waals surface area contributed by atoms with Crippen LogP contribution in [0.1, 0.15) is 42.4 Å². The molecule has 1 aliphatic heterocycles. The maximum atomic E-state index is 13.5. The molecular formula is C21H22F3NO2. The highest BCUT2D eigenvalue weighted by Gasteiger charge is 2.39. The number of benzene rings is 2. The van der Waals surface area contributed by atoms with Gasteiger partial charge >= 0.3 is 6.18 Å². The summed E-state index contributed by atoms with van der Waals surface area (Å²) in [6.45, 7) is 1.97. The van der Waals surface area contributed by atoms with Crippen LogP contribution in [0.25, 0.3) is 0 Å². The standard InChI is InChI=1S/C21H22F3NO2/c1-3-5-15-16(13-8-10-14(27-2)11-9-13)12-17-18(21(22,23)24)6-4-7-19(17)25-20(15)26/h4,6-11,15-16H,3,5,12H2,1-2H3,(H,25,26). The molecule has 2 aromatic rings. The molecule has 27 heavy (non-hydrogen) atoms.